The Bertz CT molecular complexity index is 529. The highest BCUT2D eigenvalue weighted by Gasteiger charge is 2.07. The van der Waals surface area contributed by atoms with Crippen LogP contribution in [0.15, 0.2) is 35.4 Å². The van der Waals surface area contributed by atoms with Gasteiger partial charge in [-0.2, -0.15) is 0 Å². The summed E-state index contributed by atoms with van der Waals surface area (Å²) in [7, 11) is 0. The van der Waals surface area contributed by atoms with Crippen LogP contribution in [0.25, 0.3) is 0 Å². The predicted octanol–water partition coefficient (Wildman–Crippen LogP) is 3.71. The molecule has 0 radical (unpaired) electrons. The molecule has 2 N–H and O–H groups in total. The lowest BCUT2D eigenvalue weighted by Gasteiger charge is -2.07. The van der Waals surface area contributed by atoms with Crippen molar-refractivity contribution < 1.29 is 4.39 Å². The number of aromatic nitrogens is 1. The van der Waals surface area contributed by atoms with Crippen molar-refractivity contribution in [2.24, 2.45) is 0 Å². The lowest BCUT2D eigenvalue weighted by atomic mass is 10.2. The summed E-state index contributed by atoms with van der Waals surface area (Å²) in [6.45, 7) is 3.98. The number of benzene rings is 1. The third kappa shape index (κ3) is 3.01. The van der Waals surface area contributed by atoms with Gasteiger partial charge in [-0.1, -0.05) is 6.07 Å². The van der Waals surface area contributed by atoms with E-state index in [1.807, 2.05) is 26.0 Å². The van der Waals surface area contributed by atoms with Crippen LogP contribution < -0.4 is 5.73 Å². The van der Waals surface area contributed by atoms with Gasteiger partial charge in [0.15, 0.2) is 0 Å². The fourth-order valence-corrected chi connectivity index (χ4v) is 2.83. The molecule has 0 bridgehead atoms. The first-order valence-corrected chi connectivity index (χ1v) is 6.66. The van der Waals surface area contributed by atoms with Crippen molar-refractivity contribution in [3.8, 4) is 0 Å². The van der Waals surface area contributed by atoms with Gasteiger partial charge in [0.1, 0.15) is 5.82 Å². The van der Waals surface area contributed by atoms with Crippen molar-refractivity contribution in [1.29, 1.82) is 0 Å². The van der Waals surface area contributed by atoms with Gasteiger partial charge in [0.05, 0.1) is 5.03 Å². The zero-order valence-electron chi connectivity index (χ0n) is 10.4. The number of pyridine rings is 1. The molecule has 1 aromatic carbocycles. The van der Waals surface area contributed by atoms with Crippen molar-refractivity contribution in [3.63, 3.8) is 0 Å². The number of nitrogens with zero attached hydrogens (tertiary/aromatic N) is 1. The molecule has 2 rings (SSSR count). The zero-order chi connectivity index (χ0) is 13.1. The van der Waals surface area contributed by atoms with Crippen molar-refractivity contribution in [1.82, 2.24) is 4.98 Å². The van der Waals surface area contributed by atoms with Crippen LogP contribution in [0.2, 0.25) is 0 Å². The Balaban J connectivity index is 2.16. The van der Waals surface area contributed by atoms with Crippen LogP contribution in [-0.4, -0.2) is 4.98 Å². The quantitative estimate of drug-likeness (QED) is 0.677. The summed E-state index contributed by atoms with van der Waals surface area (Å²) in [6.07, 6.45) is 0. The average molecular weight is 262 g/mol. The molecule has 94 valence electrons. The fourth-order valence-electron chi connectivity index (χ4n) is 1.75. The number of hydrogen-bond donors (Lipinski definition) is 1. The Hall–Kier alpha value is -1.55. The summed E-state index contributed by atoms with van der Waals surface area (Å²) < 4.78 is 13.6. The summed E-state index contributed by atoms with van der Waals surface area (Å²) in [6, 6.07) is 8.78. The predicted molar refractivity (Wildman–Crippen MR) is 74.1 cm³/mol. The van der Waals surface area contributed by atoms with Crippen LogP contribution in [0, 0.1) is 19.7 Å². The first-order valence-electron chi connectivity index (χ1n) is 5.67. The first-order chi connectivity index (χ1) is 8.56. The molecule has 1 heterocycles. The highest BCUT2D eigenvalue weighted by Crippen LogP contribution is 2.26. The number of aryl methyl sites for hydroxylation is 2. The Morgan fingerprint density at radius 3 is 2.72 bits per heavy atom. The molecule has 0 atom stereocenters. The lowest BCUT2D eigenvalue weighted by molar-refractivity contribution is 0.618. The number of halogens is 1. The SMILES string of the molecule is Cc1cc(C)nc(SCc2c(N)cccc2F)c1. The van der Waals surface area contributed by atoms with Gasteiger partial charge >= 0.3 is 0 Å². The minimum absolute atomic E-state index is 0.258. The second-order valence-corrected chi connectivity index (χ2v) is 5.22. The van der Waals surface area contributed by atoms with Crippen molar-refractivity contribution in [3.05, 3.63) is 53.0 Å². The minimum atomic E-state index is -0.258. The molecule has 2 nitrogen and oxygen atoms in total. The summed E-state index contributed by atoms with van der Waals surface area (Å²) >= 11 is 1.50. The Labute approximate surface area is 110 Å². The molecule has 0 unspecified atom stereocenters. The molecule has 18 heavy (non-hydrogen) atoms. The van der Waals surface area contributed by atoms with E-state index < -0.39 is 0 Å². The molecule has 4 heteroatoms. The number of nitrogens with two attached hydrogens (primary N) is 1. The molecule has 1 aromatic heterocycles. The molecule has 0 saturated heterocycles. The molecule has 0 amide bonds. The molecular weight excluding hydrogens is 247 g/mol. The van der Waals surface area contributed by atoms with E-state index in [2.05, 4.69) is 4.98 Å². The molecular formula is C14H15FN2S. The lowest BCUT2D eigenvalue weighted by Crippen LogP contribution is -1.96. The van der Waals surface area contributed by atoms with Gasteiger partial charge < -0.3 is 5.73 Å². The van der Waals surface area contributed by atoms with Crippen molar-refractivity contribution in [2.75, 3.05) is 5.73 Å². The normalized spacial score (nSPS) is 10.6. The Morgan fingerprint density at radius 1 is 1.28 bits per heavy atom. The van der Waals surface area contributed by atoms with Gasteiger partial charge in [-0.05, 0) is 43.7 Å². The van der Waals surface area contributed by atoms with Crippen LogP contribution in [0.3, 0.4) is 0 Å². The summed E-state index contributed by atoms with van der Waals surface area (Å²) in [5, 5.41) is 0.898. The zero-order valence-corrected chi connectivity index (χ0v) is 11.2. The number of nitrogen functional groups attached to an aromatic ring is 1. The number of rotatable bonds is 3. The van der Waals surface area contributed by atoms with Crippen LogP contribution in [-0.2, 0) is 5.75 Å². The van der Waals surface area contributed by atoms with Crippen LogP contribution >= 0.6 is 11.8 Å². The van der Waals surface area contributed by atoms with E-state index in [-0.39, 0.29) is 5.82 Å². The van der Waals surface area contributed by atoms with E-state index in [1.54, 1.807) is 12.1 Å². The second-order valence-electron chi connectivity index (χ2n) is 4.22. The summed E-state index contributed by atoms with van der Waals surface area (Å²) in [4.78, 5) is 4.41. The van der Waals surface area contributed by atoms with E-state index in [4.69, 9.17) is 5.73 Å². The molecule has 0 fully saturated rings. The van der Waals surface area contributed by atoms with Gasteiger partial charge in [-0.3, -0.25) is 0 Å². The minimum Gasteiger partial charge on any atom is -0.398 e. The molecule has 0 saturated carbocycles. The van der Waals surface area contributed by atoms with Gasteiger partial charge in [0.25, 0.3) is 0 Å². The van der Waals surface area contributed by atoms with E-state index in [0.717, 1.165) is 16.3 Å². The third-order valence-corrected chi connectivity index (χ3v) is 3.53. The molecule has 2 aromatic rings. The van der Waals surface area contributed by atoms with Crippen LogP contribution in [0.1, 0.15) is 16.8 Å². The van der Waals surface area contributed by atoms with E-state index in [9.17, 15) is 4.39 Å². The van der Waals surface area contributed by atoms with Crippen LogP contribution in [0.4, 0.5) is 10.1 Å². The largest absolute Gasteiger partial charge is 0.398 e. The topological polar surface area (TPSA) is 38.9 Å². The smallest absolute Gasteiger partial charge is 0.129 e. The Morgan fingerprint density at radius 2 is 2.06 bits per heavy atom. The number of thioether (sulfide) groups is 1. The molecule has 0 aliphatic rings. The van der Waals surface area contributed by atoms with Crippen molar-refractivity contribution >= 4 is 17.4 Å². The standard InChI is InChI=1S/C14H15FN2S/c1-9-6-10(2)17-14(7-9)18-8-11-12(15)4-3-5-13(11)16/h3-7H,8,16H2,1-2H3. The Kier molecular flexibility index (Phi) is 3.87. The molecule has 0 aliphatic heterocycles. The number of anilines is 1. The first kappa shape index (κ1) is 12.9. The average Bonchev–Trinajstić information content (AvgIpc) is 2.27. The summed E-state index contributed by atoms with van der Waals surface area (Å²) in [5.41, 5.74) is 8.94. The second kappa shape index (κ2) is 5.40. The molecule has 0 spiro atoms. The highest BCUT2D eigenvalue weighted by molar-refractivity contribution is 7.98. The van der Waals surface area contributed by atoms with E-state index in [0.29, 0.717) is 17.0 Å². The van der Waals surface area contributed by atoms with E-state index in [1.165, 1.54) is 17.8 Å². The monoisotopic (exact) mass is 262 g/mol. The summed E-state index contributed by atoms with van der Waals surface area (Å²) in [5.74, 6) is 0.237. The van der Waals surface area contributed by atoms with Crippen LogP contribution in [0.5, 0.6) is 0 Å². The highest BCUT2D eigenvalue weighted by atomic mass is 32.2. The fraction of sp³-hybridized carbons (Fsp3) is 0.214. The maximum Gasteiger partial charge on any atom is 0.129 e. The van der Waals surface area contributed by atoms with Gasteiger partial charge in [-0.15, -0.1) is 11.8 Å². The van der Waals surface area contributed by atoms with E-state index >= 15 is 0 Å². The third-order valence-electron chi connectivity index (χ3n) is 2.59. The number of hydrogen-bond acceptors (Lipinski definition) is 3. The maximum atomic E-state index is 13.6. The van der Waals surface area contributed by atoms with Gasteiger partial charge in [0, 0.05) is 22.7 Å². The van der Waals surface area contributed by atoms with Gasteiger partial charge in [-0.25, -0.2) is 9.37 Å². The van der Waals surface area contributed by atoms with Gasteiger partial charge in [0.2, 0.25) is 0 Å². The molecule has 0 aliphatic carbocycles. The van der Waals surface area contributed by atoms with Crippen molar-refractivity contribution in [2.45, 2.75) is 24.6 Å². The maximum absolute atomic E-state index is 13.6.